The maximum absolute atomic E-state index is 12.6. The molecule has 27 heavy (non-hydrogen) atoms. The van der Waals surface area contributed by atoms with Crippen molar-refractivity contribution < 1.29 is 4.79 Å². The second-order valence-electron chi connectivity index (χ2n) is 7.08. The molecular weight excluding hydrogens is 381 g/mol. The van der Waals surface area contributed by atoms with Crippen LogP contribution in [0.1, 0.15) is 34.8 Å². The lowest BCUT2D eigenvalue weighted by atomic mass is 10.0. The molecule has 144 valence electrons. The zero-order chi connectivity index (χ0) is 19.4. The van der Waals surface area contributed by atoms with Crippen molar-refractivity contribution in [1.29, 1.82) is 0 Å². The molecule has 4 nitrogen and oxygen atoms in total. The average Bonchev–Trinajstić information content (AvgIpc) is 3.19. The molecule has 1 N–H and O–H groups in total. The van der Waals surface area contributed by atoms with Gasteiger partial charge >= 0.3 is 0 Å². The number of carbonyl (C=O) groups is 1. The van der Waals surface area contributed by atoms with Gasteiger partial charge in [0.15, 0.2) is 0 Å². The summed E-state index contributed by atoms with van der Waals surface area (Å²) >= 11 is 12.0. The van der Waals surface area contributed by atoms with Gasteiger partial charge in [0.1, 0.15) is 0 Å². The largest absolute Gasteiger partial charge is 0.378 e. The van der Waals surface area contributed by atoms with Crippen molar-refractivity contribution in [1.82, 2.24) is 10.2 Å². The molecule has 0 spiro atoms. The second kappa shape index (κ2) is 8.96. The molecule has 3 rings (SSSR count). The van der Waals surface area contributed by atoms with Crippen molar-refractivity contribution in [3.8, 4) is 0 Å². The molecule has 1 fully saturated rings. The Kier molecular flexibility index (Phi) is 6.64. The maximum Gasteiger partial charge on any atom is 0.251 e. The van der Waals surface area contributed by atoms with Crippen molar-refractivity contribution in [2.45, 2.75) is 18.9 Å². The van der Waals surface area contributed by atoms with Gasteiger partial charge in [-0.3, -0.25) is 9.69 Å². The Morgan fingerprint density at radius 2 is 1.74 bits per heavy atom. The van der Waals surface area contributed by atoms with Gasteiger partial charge in [-0.1, -0.05) is 35.3 Å². The lowest BCUT2D eigenvalue weighted by Gasteiger charge is -2.28. The molecule has 2 aromatic rings. The fourth-order valence-electron chi connectivity index (χ4n) is 3.43. The summed E-state index contributed by atoms with van der Waals surface area (Å²) in [6.45, 7) is 2.67. The fourth-order valence-corrected chi connectivity index (χ4v) is 3.73. The summed E-state index contributed by atoms with van der Waals surface area (Å²) < 4.78 is 0. The van der Waals surface area contributed by atoms with E-state index in [1.54, 1.807) is 18.2 Å². The minimum Gasteiger partial charge on any atom is -0.378 e. The molecule has 0 bridgehead atoms. The lowest BCUT2D eigenvalue weighted by molar-refractivity contribution is 0.0938. The van der Waals surface area contributed by atoms with Crippen LogP contribution in [-0.2, 0) is 0 Å². The molecule has 0 aliphatic carbocycles. The van der Waals surface area contributed by atoms with Crippen molar-refractivity contribution in [2.75, 3.05) is 38.6 Å². The van der Waals surface area contributed by atoms with Gasteiger partial charge in [0.2, 0.25) is 0 Å². The van der Waals surface area contributed by atoms with Crippen molar-refractivity contribution in [3.05, 3.63) is 63.6 Å². The molecular formula is C21H25Cl2N3O. The van der Waals surface area contributed by atoms with E-state index in [1.165, 1.54) is 24.1 Å². The lowest BCUT2D eigenvalue weighted by Crippen LogP contribution is -2.36. The van der Waals surface area contributed by atoms with E-state index in [0.29, 0.717) is 22.2 Å². The van der Waals surface area contributed by atoms with Crippen LogP contribution in [0.4, 0.5) is 5.69 Å². The van der Waals surface area contributed by atoms with Gasteiger partial charge in [-0.2, -0.15) is 0 Å². The van der Waals surface area contributed by atoms with E-state index >= 15 is 0 Å². The van der Waals surface area contributed by atoms with Crippen LogP contribution in [0, 0.1) is 0 Å². The summed E-state index contributed by atoms with van der Waals surface area (Å²) in [5, 5.41) is 3.90. The molecule has 1 aliphatic heterocycles. The quantitative estimate of drug-likeness (QED) is 0.760. The normalized spacial score (nSPS) is 15.6. The van der Waals surface area contributed by atoms with E-state index in [2.05, 4.69) is 39.4 Å². The van der Waals surface area contributed by atoms with E-state index in [1.807, 2.05) is 14.1 Å². The fraction of sp³-hybridized carbons (Fsp3) is 0.381. The van der Waals surface area contributed by atoms with E-state index in [9.17, 15) is 4.79 Å². The number of amides is 1. The Morgan fingerprint density at radius 1 is 1.07 bits per heavy atom. The topological polar surface area (TPSA) is 35.6 Å². The minimum atomic E-state index is -0.136. The Hall–Kier alpha value is -1.75. The van der Waals surface area contributed by atoms with Crippen molar-refractivity contribution in [3.63, 3.8) is 0 Å². The summed E-state index contributed by atoms with van der Waals surface area (Å²) in [5.74, 6) is -0.136. The first kappa shape index (κ1) is 20.0. The number of anilines is 1. The van der Waals surface area contributed by atoms with Gasteiger partial charge < -0.3 is 10.2 Å². The summed E-state index contributed by atoms with van der Waals surface area (Å²) in [7, 11) is 4.06. The Labute approximate surface area is 171 Å². The molecule has 1 amide bonds. The highest BCUT2D eigenvalue weighted by atomic mass is 35.5. The maximum atomic E-state index is 12.6. The third kappa shape index (κ3) is 4.95. The SMILES string of the molecule is CN(C)c1ccc(C(CNC(=O)c2ccc(Cl)c(Cl)c2)N2CCCC2)cc1. The highest BCUT2D eigenvalue weighted by molar-refractivity contribution is 6.42. The smallest absolute Gasteiger partial charge is 0.251 e. The van der Waals surface area contributed by atoms with Gasteiger partial charge in [-0.05, 0) is 61.8 Å². The summed E-state index contributed by atoms with van der Waals surface area (Å²) in [6.07, 6.45) is 2.40. The zero-order valence-electron chi connectivity index (χ0n) is 15.7. The number of benzene rings is 2. The number of nitrogens with one attached hydrogen (secondary N) is 1. The van der Waals surface area contributed by atoms with Crippen LogP contribution >= 0.6 is 23.2 Å². The third-order valence-corrected chi connectivity index (χ3v) is 5.75. The van der Waals surface area contributed by atoms with Crippen LogP contribution < -0.4 is 10.2 Å². The van der Waals surface area contributed by atoms with Crippen LogP contribution in [0.15, 0.2) is 42.5 Å². The van der Waals surface area contributed by atoms with Gasteiger partial charge in [0.25, 0.3) is 5.91 Å². The molecule has 6 heteroatoms. The van der Waals surface area contributed by atoms with Crippen LogP contribution in [0.2, 0.25) is 10.0 Å². The van der Waals surface area contributed by atoms with E-state index in [4.69, 9.17) is 23.2 Å². The number of carbonyl (C=O) groups excluding carboxylic acids is 1. The molecule has 0 radical (unpaired) electrons. The molecule has 2 aromatic carbocycles. The van der Waals surface area contributed by atoms with E-state index in [-0.39, 0.29) is 11.9 Å². The Bertz CT molecular complexity index is 787. The summed E-state index contributed by atoms with van der Waals surface area (Å²) in [4.78, 5) is 17.1. The van der Waals surface area contributed by atoms with Crippen LogP contribution in [-0.4, -0.2) is 44.5 Å². The second-order valence-corrected chi connectivity index (χ2v) is 7.90. The molecule has 0 aromatic heterocycles. The van der Waals surface area contributed by atoms with Gasteiger partial charge in [0.05, 0.1) is 16.1 Å². The van der Waals surface area contributed by atoms with Crippen molar-refractivity contribution >= 4 is 34.8 Å². The number of hydrogen-bond acceptors (Lipinski definition) is 3. The predicted octanol–water partition coefficient (Wildman–Crippen LogP) is 4.63. The highest BCUT2D eigenvalue weighted by Crippen LogP contribution is 2.27. The number of hydrogen-bond donors (Lipinski definition) is 1. The summed E-state index contributed by atoms with van der Waals surface area (Å²) in [5.41, 5.74) is 2.91. The molecule has 0 saturated carbocycles. The van der Waals surface area contributed by atoms with Gasteiger partial charge in [-0.25, -0.2) is 0 Å². The van der Waals surface area contributed by atoms with E-state index < -0.39 is 0 Å². The molecule has 1 saturated heterocycles. The standard InChI is InChI=1S/C21H25Cl2N3O/c1-25(2)17-8-5-15(6-9-17)20(26-11-3-4-12-26)14-24-21(27)16-7-10-18(22)19(23)13-16/h5-10,13,20H,3-4,11-12,14H2,1-2H3,(H,24,27). The summed E-state index contributed by atoms with van der Waals surface area (Å²) in [6, 6.07) is 13.7. The molecule has 1 unspecified atom stereocenters. The van der Waals surface area contributed by atoms with Gasteiger partial charge in [-0.15, -0.1) is 0 Å². The number of likely N-dealkylation sites (tertiary alicyclic amines) is 1. The highest BCUT2D eigenvalue weighted by Gasteiger charge is 2.24. The Morgan fingerprint density at radius 3 is 2.33 bits per heavy atom. The third-order valence-electron chi connectivity index (χ3n) is 5.01. The average molecular weight is 406 g/mol. The molecule has 1 atom stereocenters. The monoisotopic (exact) mass is 405 g/mol. The zero-order valence-corrected chi connectivity index (χ0v) is 17.2. The van der Waals surface area contributed by atoms with Crippen LogP contribution in [0.3, 0.4) is 0 Å². The molecule has 1 heterocycles. The van der Waals surface area contributed by atoms with Crippen molar-refractivity contribution in [2.24, 2.45) is 0 Å². The van der Waals surface area contributed by atoms with Crippen LogP contribution in [0.5, 0.6) is 0 Å². The number of rotatable bonds is 6. The first-order valence-corrected chi connectivity index (χ1v) is 9.96. The number of halogens is 2. The Balaban J connectivity index is 1.73. The number of nitrogens with zero attached hydrogens (tertiary/aromatic N) is 2. The first-order chi connectivity index (χ1) is 13.0. The minimum absolute atomic E-state index is 0.136. The predicted molar refractivity (Wildman–Crippen MR) is 113 cm³/mol. The van der Waals surface area contributed by atoms with E-state index in [0.717, 1.165) is 13.1 Å². The van der Waals surface area contributed by atoms with Crippen LogP contribution in [0.25, 0.3) is 0 Å². The first-order valence-electron chi connectivity index (χ1n) is 9.20. The molecule has 1 aliphatic rings. The van der Waals surface area contributed by atoms with Gasteiger partial charge in [0, 0.05) is 31.9 Å².